The Morgan fingerprint density at radius 1 is 1.24 bits per heavy atom. The normalized spacial score (nSPS) is 24.1. The predicted molar refractivity (Wildman–Crippen MR) is 65.1 cm³/mol. The van der Waals surface area contributed by atoms with E-state index in [0.717, 1.165) is 13.0 Å². The predicted octanol–water partition coefficient (Wildman–Crippen LogP) is 1.81. The van der Waals surface area contributed by atoms with Crippen LogP contribution in [-0.2, 0) is 19.0 Å². The van der Waals surface area contributed by atoms with Crippen LogP contribution in [0.25, 0.3) is 0 Å². The fraction of sp³-hybridized carbons (Fsp3) is 0.923. The number of hydrogen-bond donors (Lipinski definition) is 0. The average molecular weight is 244 g/mol. The largest absolute Gasteiger partial charge is 0.379 e. The Hall–Kier alpha value is -0.450. The summed E-state index contributed by atoms with van der Waals surface area (Å²) in [7, 11) is 0. The number of rotatable bonds is 9. The van der Waals surface area contributed by atoms with Crippen LogP contribution in [0.1, 0.15) is 33.6 Å². The van der Waals surface area contributed by atoms with E-state index >= 15 is 0 Å². The van der Waals surface area contributed by atoms with Crippen LogP contribution in [0.4, 0.5) is 0 Å². The second-order valence-electron chi connectivity index (χ2n) is 4.84. The van der Waals surface area contributed by atoms with Gasteiger partial charge in [0.15, 0.2) is 5.78 Å². The zero-order chi connectivity index (χ0) is 12.7. The minimum absolute atomic E-state index is 0.0586. The van der Waals surface area contributed by atoms with Crippen molar-refractivity contribution >= 4 is 5.78 Å². The molecular formula is C13H24O4. The first kappa shape index (κ1) is 14.6. The highest BCUT2D eigenvalue weighted by Gasteiger charge is 2.41. The van der Waals surface area contributed by atoms with E-state index in [1.165, 1.54) is 0 Å². The fourth-order valence-electron chi connectivity index (χ4n) is 1.64. The molecular weight excluding hydrogens is 220 g/mol. The van der Waals surface area contributed by atoms with Gasteiger partial charge in [0.25, 0.3) is 0 Å². The lowest BCUT2D eigenvalue weighted by Crippen LogP contribution is -2.50. The van der Waals surface area contributed by atoms with Gasteiger partial charge < -0.3 is 14.2 Å². The van der Waals surface area contributed by atoms with Crippen LogP contribution >= 0.6 is 0 Å². The molecule has 0 spiro atoms. The number of ether oxygens (including phenoxy) is 3. The molecule has 0 aliphatic heterocycles. The molecule has 0 heterocycles. The van der Waals surface area contributed by atoms with Gasteiger partial charge in [0, 0.05) is 19.6 Å². The molecule has 2 atom stereocenters. The van der Waals surface area contributed by atoms with E-state index in [-0.39, 0.29) is 18.0 Å². The van der Waals surface area contributed by atoms with Gasteiger partial charge in [0.1, 0.15) is 6.10 Å². The van der Waals surface area contributed by atoms with Gasteiger partial charge in [-0.1, -0.05) is 20.8 Å². The summed E-state index contributed by atoms with van der Waals surface area (Å²) < 4.78 is 16.4. The van der Waals surface area contributed by atoms with Crippen molar-refractivity contribution in [3.8, 4) is 0 Å². The number of hydrogen-bond acceptors (Lipinski definition) is 4. The van der Waals surface area contributed by atoms with Crippen molar-refractivity contribution in [1.29, 1.82) is 0 Å². The summed E-state index contributed by atoms with van der Waals surface area (Å²) in [5, 5.41) is 0. The Labute approximate surface area is 104 Å². The number of carbonyl (C=O) groups is 1. The first-order chi connectivity index (χ1) is 8.15. The van der Waals surface area contributed by atoms with Crippen molar-refractivity contribution in [3.05, 3.63) is 0 Å². The van der Waals surface area contributed by atoms with Gasteiger partial charge in [-0.2, -0.15) is 0 Å². The number of carbonyl (C=O) groups excluding carboxylic acids is 1. The molecule has 4 nitrogen and oxygen atoms in total. The van der Waals surface area contributed by atoms with Crippen LogP contribution in [0.15, 0.2) is 0 Å². The molecule has 0 aromatic carbocycles. The lowest BCUT2D eigenvalue weighted by atomic mass is 9.90. The summed E-state index contributed by atoms with van der Waals surface area (Å²) in [5.41, 5.74) is 0. The van der Waals surface area contributed by atoms with E-state index in [9.17, 15) is 4.79 Å². The molecule has 0 amide bonds. The Kier molecular flexibility index (Phi) is 6.70. The van der Waals surface area contributed by atoms with E-state index in [0.29, 0.717) is 32.2 Å². The maximum atomic E-state index is 11.3. The van der Waals surface area contributed by atoms with Gasteiger partial charge in [-0.3, -0.25) is 4.79 Å². The molecule has 0 aromatic rings. The van der Waals surface area contributed by atoms with Crippen LogP contribution in [-0.4, -0.2) is 44.4 Å². The Morgan fingerprint density at radius 2 is 2.00 bits per heavy atom. The molecule has 1 saturated carbocycles. The van der Waals surface area contributed by atoms with E-state index in [2.05, 4.69) is 13.8 Å². The summed E-state index contributed by atoms with van der Waals surface area (Å²) >= 11 is 0. The first-order valence-corrected chi connectivity index (χ1v) is 6.48. The van der Waals surface area contributed by atoms with Crippen molar-refractivity contribution in [2.24, 2.45) is 5.92 Å². The van der Waals surface area contributed by atoms with Gasteiger partial charge in [-0.15, -0.1) is 0 Å². The maximum Gasteiger partial charge on any atom is 0.166 e. The molecule has 0 N–H and O–H groups in total. The van der Waals surface area contributed by atoms with E-state index in [4.69, 9.17) is 14.2 Å². The molecule has 0 radical (unpaired) electrons. The minimum Gasteiger partial charge on any atom is -0.379 e. The van der Waals surface area contributed by atoms with Crippen molar-refractivity contribution in [1.82, 2.24) is 0 Å². The average Bonchev–Trinajstić information content (AvgIpc) is 2.27. The number of Topliss-reactive ketones (excluding diaryl/α,β-unsaturated/α-hetero) is 1. The van der Waals surface area contributed by atoms with Crippen molar-refractivity contribution in [2.75, 3.05) is 26.4 Å². The zero-order valence-corrected chi connectivity index (χ0v) is 11.1. The smallest absolute Gasteiger partial charge is 0.166 e. The van der Waals surface area contributed by atoms with Gasteiger partial charge in [0.05, 0.1) is 19.3 Å². The summed E-state index contributed by atoms with van der Waals surface area (Å²) in [4.78, 5) is 11.3. The molecule has 17 heavy (non-hydrogen) atoms. The van der Waals surface area contributed by atoms with Crippen molar-refractivity contribution in [3.63, 3.8) is 0 Å². The molecule has 4 heteroatoms. The first-order valence-electron chi connectivity index (χ1n) is 6.48. The summed E-state index contributed by atoms with van der Waals surface area (Å²) in [5.74, 6) is 0.701. The molecule has 100 valence electrons. The second kappa shape index (κ2) is 7.80. The van der Waals surface area contributed by atoms with Crippen LogP contribution in [0.3, 0.4) is 0 Å². The summed E-state index contributed by atoms with van der Waals surface area (Å²) in [6.45, 7) is 8.75. The van der Waals surface area contributed by atoms with Gasteiger partial charge in [-0.25, -0.2) is 0 Å². The molecule has 1 rings (SSSR count). The van der Waals surface area contributed by atoms with Gasteiger partial charge in [-0.05, 0) is 12.3 Å². The van der Waals surface area contributed by atoms with Crippen molar-refractivity contribution < 1.29 is 19.0 Å². The van der Waals surface area contributed by atoms with E-state index < -0.39 is 0 Å². The van der Waals surface area contributed by atoms with E-state index in [1.807, 2.05) is 6.92 Å². The Morgan fingerprint density at radius 3 is 2.59 bits per heavy atom. The molecule has 0 bridgehead atoms. The molecule has 1 aliphatic carbocycles. The zero-order valence-electron chi connectivity index (χ0n) is 11.1. The van der Waals surface area contributed by atoms with E-state index in [1.54, 1.807) is 0 Å². The Bertz CT molecular complexity index is 227. The second-order valence-corrected chi connectivity index (χ2v) is 4.84. The lowest BCUT2D eigenvalue weighted by Gasteiger charge is -2.34. The third-order valence-corrected chi connectivity index (χ3v) is 2.57. The third kappa shape index (κ3) is 5.15. The van der Waals surface area contributed by atoms with Gasteiger partial charge in [0.2, 0.25) is 0 Å². The van der Waals surface area contributed by atoms with Gasteiger partial charge >= 0.3 is 0 Å². The van der Waals surface area contributed by atoms with Crippen LogP contribution in [0.2, 0.25) is 0 Å². The monoisotopic (exact) mass is 244 g/mol. The highest BCUT2D eigenvalue weighted by atomic mass is 16.6. The Balaban J connectivity index is 2.05. The quantitative estimate of drug-likeness (QED) is 0.580. The molecule has 2 unspecified atom stereocenters. The summed E-state index contributed by atoms with van der Waals surface area (Å²) in [6.07, 6.45) is 1.02. The lowest BCUT2D eigenvalue weighted by molar-refractivity contribution is -0.167. The highest BCUT2D eigenvalue weighted by molar-refractivity contribution is 5.90. The van der Waals surface area contributed by atoms with Crippen LogP contribution in [0, 0.1) is 5.92 Å². The SMILES string of the molecule is CCCOC1C(=O)CC1OCCOCC(C)C. The highest BCUT2D eigenvalue weighted by Crippen LogP contribution is 2.22. The van der Waals surface area contributed by atoms with Crippen LogP contribution in [0.5, 0.6) is 0 Å². The standard InChI is InChI=1S/C13H24O4/c1-4-5-17-13-11(14)8-12(13)16-7-6-15-9-10(2)3/h10,12-13H,4-9H2,1-3H3. The summed E-state index contributed by atoms with van der Waals surface area (Å²) in [6, 6.07) is 0. The number of ketones is 1. The molecule has 1 fully saturated rings. The molecule has 1 aliphatic rings. The maximum absolute atomic E-state index is 11.3. The molecule has 0 saturated heterocycles. The van der Waals surface area contributed by atoms with Crippen molar-refractivity contribution in [2.45, 2.75) is 45.8 Å². The third-order valence-electron chi connectivity index (χ3n) is 2.57. The minimum atomic E-state index is -0.333. The van der Waals surface area contributed by atoms with Crippen LogP contribution < -0.4 is 0 Å². The molecule has 0 aromatic heterocycles. The fourth-order valence-corrected chi connectivity index (χ4v) is 1.64. The topological polar surface area (TPSA) is 44.8 Å².